The van der Waals surface area contributed by atoms with Crippen molar-refractivity contribution in [3.63, 3.8) is 0 Å². The number of pyridine rings is 1. The van der Waals surface area contributed by atoms with Crippen molar-refractivity contribution in [3.8, 4) is 0 Å². The van der Waals surface area contributed by atoms with Crippen molar-refractivity contribution in [3.05, 3.63) is 18.3 Å². The normalized spacial score (nSPS) is 19.7. The van der Waals surface area contributed by atoms with Crippen molar-refractivity contribution >= 4 is 48.1 Å². The highest BCUT2D eigenvalue weighted by atomic mass is 35.5. The number of aromatic nitrogens is 1. The maximum Gasteiger partial charge on any atom is 0.243 e. The van der Waals surface area contributed by atoms with Gasteiger partial charge in [-0.15, -0.1) is 24.8 Å². The molecule has 0 radical (unpaired) electrons. The highest BCUT2D eigenvalue weighted by Crippen LogP contribution is 2.29. The topological polar surface area (TPSA) is 92.4 Å². The molecule has 1 aliphatic carbocycles. The molecule has 128 valence electrons. The summed E-state index contributed by atoms with van der Waals surface area (Å²) in [7, 11) is 0. The molecule has 2 heterocycles. The maximum absolute atomic E-state index is 12.0. The summed E-state index contributed by atoms with van der Waals surface area (Å²) in [5, 5.41) is 8.60. The van der Waals surface area contributed by atoms with Gasteiger partial charge in [0.1, 0.15) is 11.9 Å². The predicted octanol–water partition coefficient (Wildman–Crippen LogP) is 1.20. The molecule has 2 amide bonds. The van der Waals surface area contributed by atoms with Gasteiger partial charge in [0.25, 0.3) is 0 Å². The molecule has 3 rings (SSSR count). The van der Waals surface area contributed by atoms with Gasteiger partial charge >= 0.3 is 0 Å². The summed E-state index contributed by atoms with van der Waals surface area (Å²) < 4.78 is 5.25. The van der Waals surface area contributed by atoms with Gasteiger partial charge in [0.15, 0.2) is 0 Å². The Hall–Kier alpha value is -1.41. The summed E-state index contributed by atoms with van der Waals surface area (Å²) in [4.78, 5) is 27.7. The van der Waals surface area contributed by atoms with Crippen molar-refractivity contribution in [1.29, 1.82) is 0 Å². The van der Waals surface area contributed by atoms with E-state index in [9.17, 15) is 9.59 Å². The lowest BCUT2D eigenvalue weighted by atomic mass is 10.2. The molecule has 1 aromatic heterocycles. The van der Waals surface area contributed by atoms with Gasteiger partial charge in [-0.1, -0.05) is 0 Å². The molecule has 9 heteroatoms. The van der Waals surface area contributed by atoms with Crippen LogP contribution >= 0.6 is 24.8 Å². The van der Waals surface area contributed by atoms with E-state index in [1.807, 2.05) is 0 Å². The number of halogens is 2. The molecule has 0 aromatic carbocycles. The Bertz CT molecular complexity index is 531. The van der Waals surface area contributed by atoms with Crippen molar-refractivity contribution in [1.82, 2.24) is 10.3 Å². The van der Waals surface area contributed by atoms with Gasteiger partial charge in [0.05, 0.1) is 25.1 Å². The van der Waals surface area contributed by atoms with Gasteiger partial charge in [-0.3, -0.25) is 9.59 Å². The fraction of sp³-hybridized carbons (Fsp3) is 0.500. The number of morpholine rings is 1. The zero-order valence-electron chi connectivity index (χ0n) is 12.4. The van der Waals surface area contributed by atoms with Crippen LogP contribution in [0, 0.1) is 5.92 Å². The zero-order chi connectivity index (χ0) is 14.7. The molecule has 2 fully saturated rings. The number of carbonyl (C=O) groups is 2. The fourth-order valence-corrected chi connectivity index (χ4v) is 2.08. The number of hydrogen-bond donors (Lipinski definition) is 3. The number of nitrogens with zero attached hydrogens (tertiary/aromatic N) is 1. The summed E-state index contributed by atoms with van der Waals surface area (Å²) in [5.41, 5.74) is 0.594. The number of rotatable bonds is 4. The molecule has 1 saturated heterocycles. The third-order valence-corrected chi connectivity index (χ3v) is 3.47. The number of nitrogens with one attached hydrogen (secondary N) is 3. The minimum atomic E-state index is -0.340. The van der Waals surface area contributed by atoms with E-state index in [0.29, 0.717) is 31.3 Å². The van der Waals surface area contributed by atoms with Crippen LogP contribution in [0.15, 0.2) is 18.3 Å². The van der Waals surface area contributed by atoms with Crippen LogP contribution in [0.1, 0.15) is 12.8 Å². The largest absolute Gasteiger partial charge is 0.378 e. The lowest BCUT2D eigenvalue weighted by Crippen LogP contribution is -2.48. The molecule has 1 aliphatic heterocycles. The van der Waals surface area contributed by atoms with Gasteiger partial charge in [-0.2, -0.15) is 0 Å². The minimum absolute atomic E-state index is 0. The Labute approximate surface area is 146 Å². The number of ether oxygens (including phenoxy) is 1. The van der Waals surface area contributed by atoms with Gasteiger partial charge in [-0.25, -0.2) is 4.98 Å². The first-order chi connectivity index (χ1) is 10.2. The standard InChI is InChI=1S/C14H18N4O3.2ClH/c19-13(9-1-2-9)18-12-4-3-10(7-16-12)17-14(20)11-8-21-6-5-15-11;;/h3-4,7,9,11,15H,1-2,5-6,8H2,(H,17,20)(H,16,18,19);2*1H. The van der Waals surface area contributed by atoms with E-state index in [4.69, 9.17) is 4.74 Å². The fourth-order valence-electron chi connectivity index (χ4n) is 2.08. The molecule has 1 atom stereocenters. The molecular formula is C14H20Cl2N4O3. The van der Waals surface area contributed by atoms with Gasteiger partial charge in [0.2, 0.25) is 11.8 Å². The van der Waals surface area contributed by atoms with Crippen LogP contribution in [-0.2, 0) is 14.3 Å². The second-order valence-corrected chi connectivity index (χ2v) is 5.27. The Morgan fingerprint density at radius 1 is 1.17 bits per heavy atom. The van der Waals surface area contributed by atoms with Crippen LogP contribution in [0.4, 0.5) is 11.5 Å². The number of hydrogen-bond acceptors (Lipinski definition) is 5. The van der Waals surface area contributed by atoms with Crippen molar-refractivity contribution < 1.29 is 14.3 Å². The summed E-state index contributed by atoms with van der Waals surface area (Å²) in [6.07, 6.45) is 3.44. The van der Waals surface area contributed by atoms with Gasteiger partial charge < -0.3 is 20.7 Å². The van der Waals surface area contributed by atoms with E-state index < -0.39 is 0 Å². The summed E-state index contributed by atoms with van der Waals surface area (Å²) in [5.74, 6) is 0.515. The quantitative estimate of drug-likeness (QED) is 0.748. The van der Waals surface area contributed by atoms with E-state index in [-0.39, 0.29) is 48.6 Å². The van der Waals surface area contributed by atoms with Crippen molar-refractivity contribution in [2.45, 2.75) is 18.9 Å². The Morgan fingerprint density at radius 2 is 1.96 bits per heavy atom. The highest BCUT2D eigenvalue weighted by molar-refractivity contribution is 5.95. The predicted molar refractivity (Wildman–Crippen MR) is 91.3 cm³/mol. The maximum atomic E-state index is 12.0. The monoisotopic (exact) mass is 362 g/mol. The second kappa shape index (κ2) is 9.02. The number of carbonyl (C=O) groups excluding carboxylic acids is 2. The second-order valence-electron chi connectivity index (χ2n) is 5.27. The molecule has 3 N–H and O–H groups in total. The molecule has 1 saturated carbocycles. The third-order valence-electron chi connectivity index (χ3n) is 3.47. The van der Waals surface area contributed by atoms with E-state index in [1.54, 1.807) is 12.1 Å². The number of amides is 2. The molecule has 1 aromatic rings. The highest BCUT2D eigenvalue weighted by Gasteiger charge is 2.29. The van der Waals surface area contributed by atoms with Gasteiger partial charge in [-0.05, 0) is 25.0 Å². The van der Waals surface area contributed by atoms with E-state index >= 15 is 0 Å². The average molecular weight is 363 g/mol. The average Bonchev–Trinajstić information content (AvgIpc) is 3.35. The van der Waals surface area contributed by atoms with Crippen molar-refractivity contribution in [2.75, 3.05) is 30.4 Å². The van der Waals surface area contributed by atoms with Crippen LogP contribution in [0.3, 0.4) is 0 Å². The first-order valence-electron chi connectivity index (χ1n) is 7.11. The van der Waals surface area contributed by atoms with Crippen LogP contribution in [-0.4, -0.2) is 42.6 Å². The number of anilines is 2. The SMILES string of the molecule is Cl.Cl.O=C(Nc1ccc(NC(=O)C2COCCN2)cn1)C1CC1. The Balaban J connectivity index is 0.00000132. The molecule has 7 nitrogen and oxygen atoms in total. The molecule has 0 bridgehead atoms. The van der Waals surface area contributed by atoms with Crippen LogP contribution in [0.5, 0.6) is 0 Å². The molecule has 23 heavy (non-hydrogen) atoms. The molecule has 1 unspecified atom stereocenters. The first kappa shape index (κ1) is 19.6. The Kier molecular flexibility index (Phi) is 7.70. The lowest BCUT2D eigenvalue weighted by molar-refractivity contribution is -0.121. The van der Waals surface area contributed by atoms with Crippen LogP contribution < -0.4 is 16.0 Å². The summed E-state index contributed by atoms with van der Waals surface area (Å²) in [6, 6.07) is 3.06. The van der Waals surface area contributed by atoms with E-state index in [1.165, 1.54) is 6.20 Å². The van der Waals surface area contributed by atoms with E-state index in [2.05, 4.69) is 20.9 Å². The molecule has 0 spiro atoms. The molecular weight excluding hydrogens is 343 g/mol. The van der Waals surface area contributed by atoms with E-state index in [0.717, 1.165) is 12.8 Å². The summed E-state index contributed by atoms with van der Waals surface area (Å²) in [6.45, 7) is 1.66. The summed E-state index contributed by atoms with van der Waals surface area (Å²) >= 11 is 0. The third kappa shape index (κ3) is 5.62. The smallest absolute Gasteiger partial charge is 0.243 e. The minimum Gasteiger partial charge on any atom is -0.378 e. The van der Waals surface area contributed by atoms with Crippen LogP contribution in [0.2, 0.25) is 0 Å². The van der Waals surface area contributed by atoms with Gasteiger partial charge in [0, 0.05) is 12.5 Å². The zero-order valence-corrected chi connectivity index (χ0v) is 14.0. The van der Waals surface area contributed by atoms with Crippen LogP contribution in [0.25, 0.3) is 0 Å². The first-order valence-corrected chi connectivity index (χ1v) is 7.11. The van der Waals surface area contributed by atoms with Crippen molar-refractivity contribution in [2.24, 2.45) is 5.92 Å². The lowest BCUT2D eigenvalue weighted by Gasteiger charge is -2.22. The Morgan fingerprint density at radius 3 is 2.52 bits per heavy atom. The molecule has 2 aliphatic rings.